The monoisotopic (exact) mass is 279 g/mol. The second-order valence-corrected chi connectivity index (χ2v) is 4.40. The molecule has 20 heavy (non-hydrogen) atoms. The predicted octanol–water partition coefficient (Wildman–Crippen LogP) is -0.648. The molecule has 0 aliphatic carbocycles. The Morgan fingerprint density at radius 2 is 2.25 bits per heavy atom. The van der Waals surface area contributed by atoms with Gasteiger partial charge in [0.15, 0.2) is 0 Å². The zero-order chi connectivity index (χ0) is 14.5. The van der Waals surface area contributed by atoms with Crippen LogP contribution in [-0.2, 0) is 9.53 Å². The summed E-state index contributed by atoms with van der Waals surface area (Å²) < 4.78 is 4.98. The van der Waals surface area contributed by atoms with Gasteiger partial charge in [-0.3, -0.25) is 9.59 Å². The largest absolute Gasteiger partial charge is 0.464 e. The molecule has 0 aromatic carbocycles. The van der Waals surface area contributed by atoms with Gasteiger partial charge in [0.1, 0.15) is 11.7 Å². The van der Waals surface area contributed by atoms with Crippen molar-refractivity contribution < 1.29 is 14.3 Å². The molecule has 1 saturated heterocycles. The van der Waals surface area contributed by atoms with E-state index < -0.39 is 12.0 Å². The first-order valence-electron chi connectivity index (χ1n) is 6.51. The number of H-pyrrole nitrogens is 1. The van der Waals surface area contributed by atoms with Crippen molar-refractivity contribution in [2.45, 2.75) is 13.0 Å². The average Bonchev–Trinajstić information content (AvgIpc) is 2.47. The lowest BCUT2D eigenvalue weighted by Gasteiger charge is -2.34. The fourth-order valence-corrected chi connectivity index (χ4v) is 2.12. The van der Waals surface area contributed by atoms with Crippen molar-refractivity contribution in [3.63, 3.8) is 0 Å². The fourth-order valence-electron chi connectivity index (χ4n) is 2.12. The lowest BCUT2D eigenvalue weighted by molar-refractivity contribution is -0.149. The van der Waals surface area contributed by atoms with Crippen molar-refractivity contribution in [1.29, 1.82) is 0 Å². The van der Waals surface area contributed by atoms with Crippen LogP contribution in [0, 0.1) is 0 Å². The average molecular weight is 279 g/mol. The molecule has 1 atom stereocenters. The molecule has 1 aliphatic rings. The molecule has 0 spiro atoms. The third-order valence-corrected chi connectivity index (χ3v) is 3.06. The number of carbonyl (C=O) groups excluding carboxylic acids is 2. The third kappa shape index (κ3) is 3.05. The molecule has 108 valence electrons. The quantitative estimate of drug-likeness (QED) is 0.718. The second-order valence-electron chi connectivity index (χ2n) is 4.40. The van der Waals surface area contributed by atoms with Gasteiger partial charge >= 0.3 is 5.97 Å². The predicted molar refractivity (Wildman–Crippen MR) is 71.4 cm³/mol. The molecule has 2 N–H and O–H groups in total. The molecule has 2 rings (SSSR count). The van der Waals surface area contributed by atoms with Crippen LogP contribution in [0.1, 0.15) is 17.4 Å². The third-order valence-electron chi connectivity index (χ3n) is 3.06. The van der Waals surface area contributed by atoms with Gasteiger partial charge < -0.3 is 19.9 Å². The van der Waals surface area contributed by atoms with Gasteiger partial charge in [-0.1, -0.05) is 6.07 Å². The first-order chi connectivity index (χ1) is 9.63. The van der Waals surface area contributed by atoms with E-state index in [0.29, 0.717) is 19.6 Å². The van der Waals surface area contributed by atoms with Crippen LogP contribution in [0.3, 0.4) is 0 Å². The topological polar surface area (TPSA) is 91.5 Å². The van der Waals surface area contributed by atoms with Gasteiger partial charge in [-0.25, -0.2) is 4.79 Å². The van der Waals surface area contributed by atoms with E-state index in [-0.39, 0.29) is 23.8 Å². The van der Waals surface area contributed by atoms with Crippen LogP contribution in [0.25, 0.3) is 0 Å². The van der Waals surface area contributed by atoms with E-state index in [4.69, 9.17) is 4.74 Å². The number of piperazine rings is 1. The first kappa shape index (κ1) is 14.3. The number of hydrogen-bond donors (Lipinski definition) is 2. The Hall–Kier alpha value is -2.15. The van der Waals surface area contributed by atoms with Gasteiger partial charge in [0.05, 0.1) is 6.61 Å². The Labute approximate surface area is 115 Å². The van der Waals surface area contributed by atoms with Crippen molar-refractivity contribution in [2.24, 2.45) is 0 Å². The van der Waals surface area contributed by atoms with Gasteiger partial charge in [-0.05, 0) is 13.0 Å². The Morgan fingerprint density at radius 3 is 2.95 bits per heavy atom. The highest BCUT2D eigenvalue weighted by Crippen LogP contribution is 2.10. The smallest absolute Gasteiger partial charge is 0.330 e. The molecule has 0 saturated carbocycles. The Bertz CT molecular complexity index is 555. The minimum absolute atomic E-state index is 0.175. The van der Waals surface area contributed by atoms with Crippen LogP contribution in [0.5, 0.6) is 0 Å². The Balaban J connectivity index is 2.21. The molecule has 1 amide bonds. The standard InChI is InChI=1S/C13H17N3O4/c1-2-20-13(19)10-8-14-6-7-16(10)12(18)9-4-3-5-11(17)15-9/h3-5,10,14H,2,6-8H2,1H3,(H,15,17). The number of rotatable bonds is 3. The molecule has 1 unspecified atom stereocenters. The first-order valence-corrected chi connectivity index (χ1v) is 6.51. The second kappa shape index (κ2) is 6.33. The molecule has 0 radical (unpaired) electrons. The Kier molecular flexibility index (Phi) is 4.52. The van der Waals surface area contributed by atoms with E-state index in [0.717, 1.165) is 0 Å². The maximum atomic E-state index is 12.4. The zero-order valence-corrected chi connectivity index (χ0v) is 11.2. The van der Waals surface area contributed by atoms with Crippen molar-refractivity contribution in [3.05, 3.63) is 34.2 Å². The maximum Gasteiger partial charge on any atom is 0.330 e. The SMILES string of the molecule is CCOC(=O)C1CNCCN1C(=O)c1cccc(=O)[nH]1. The summed E-state index contributed by atoms with van der Waals surface area (Å²) in [7, 11) is 0. The van der Waals surface area contributed by atoms with Gasteiger partial charge in [0.2, 0.25) is 5.56 Å². The summed E-state index contributed by atoms with van der Waals surface area (Å²) in [5, 5.41) is 3.06. The van der Waals surface area contributed by atoms with Crippen molar-refractivity contribution in [1.82, 2.24) is 15.2 Å². The maximum absolute atomic E-state index is 12.4. The number of amides is 1. The highest BCUT2D eigenvalue weighted by Gasteiger charge is 2.33. The molecule has 1 aromatic heterocycles. The van der Waals surface area contributed by atoms with E-state index in [2.05, 4.69) is 10.3 Å². The van der Waals surface area contributed by atoms with Crippen molar-refractivity contribution in [3.8, 4) is 0 Å². The van der Waals surface area contributed by atoms with Gasteiger partial charge in [-0.2, -0.15) is 0 Å². The summed E-state index contributed by atoms with van der Waals surface area (Å²) >= 11 is 0. The highest BCUT2D eigenvalue weighted by molar-refractivity contribution is 5.95. The lowest BCUT2D eigenvalue weighted by Crippen LogP contribution is -2.57. The number of esters is 1. The van der Waals surface area contributed by atoms with E-state index in [1.807, 2.05) is 0 Å². The molecule has 1 aromatic rings. The number of aromatic amines is 1. The van der Waals surface area contributed by atoms with Gasteiger partial charge in [0.25, 0.3) is 5.91 Å². The number of nitrogens with one attached hydrogen (secondary N) is 2. The van der Waals surface area contributed by atoms with Crippen LogP contribution in [0.15, 0.2) is 23.0 Å². The summed E-state index contributed by atoms with van der Waals surface area (Å²) in [5.41, 5.74) is -0.174. The van der Waals surface area contributed by atoms with Crippen LogP contribution < -0.4 is 10.9 Å². The van der Waals surface area contributed by atoms with Gasteiger partial charge in [-0.15, -0.1) is 0 Å². The number of pyridine rings is 1. The number of carbonyl (C=O) groups is 2. The molecule has 0 bridgehead atoms. The number of nitrogens with zero attached hydrogens (tertiary/aromatic N) is 1. The molecule has 7 heteroatoms. The molecular formula is C13H17N3O4. The summed E-state index contributed by atoms with van der Waals surface area (Å²) in [4.78, 5) is 39.4. The Morgan fingerprint density at radius 1 is 1.45 bits per heavy atom. The van der Waals surface area contributed by atoms with Gasteiger partial charge in [0, 0.05) is 25.7 Å². The number of ether oxygens (including phenoxy) is 1. The van der Waals surface area contributed by atoms with E-state index in [1.54, 1.807) is 6.92 Å². The highest BCUT2D eigenvalue weighted by atomic mass is 16.5. The lowest BCUT2D eigenvalue weighted by atomic mass is 10.1. The molecule has 2 heterocycles. The van der Waals surface area contributed by atoms with Crippen molar-refractivity contribution in [2.75, 3.05) is 26.2 Å². The summed E-state index contributed by atoms with van der Waals surface area (Å²) in [6.07, 6.45) is 0. The van der Waals surface area contributed by atoms with E-state index >= 15 is 0 Å². The molecule has 1 fully saturated rings. The summed E-state index contributed by atoms with van der Waals surface area (Å²) in [5.74, 6) is -0.811. The minimum atomic E-state index is -0.667. The zero-order valence-electron chi connectivity index (χ0n) is 11.2. The van der Waals surface area contributed by atoms with E-state index in [9.17, 15) is 14.4 Å². The summed E-state index contributed by atoms with van der Waals surface area (Å²) in [6.45, 7) is 3.31. The number of aromatic nitrogens is 1. The molecule has 7 nitrogen and oxygen atoms in total. The van der Waals surface area contributed by atoms with E-state index in [1.165, 1.54) is 23.1 Å². The number of hydrogen-bond acceptors (Lipinski definition) is 5. The van der Waals surface area contributed by atoms with Crippen LogP contribution in [0.4, 0.5) is 0 Å². The molecular weight excluding hydrogens is 262 g/mol. The fraction of sp³-hybridized carbons (Fsp3) is 0.462. The molecule has 1 aliphatic heterocycles. The summed E-state index contributed by atoms with van der Waals surface area (Å²) in [6, 6.07) is 3.69. The van der Waals surface area contributed by atoms with Crippen LogP contribution >= 0.6 is 0 Å². The minimum Gasteiger partial charge on any atom is -0.464 e. The normalized spacial score (nSPS) is 18.6. The van der Waals surface area contributed by atoms with Crippen LogP contribution in [0.2, 0.25) is 0 Å². The van der Waals surface area contributed by atoms with Crippen LogP contribution in [-0.4, -0.2) is 54.0 Å². The van der Waals surface area contributed by atoms with Crippen molar-refractivity contribution >= 4 is 11.9 Å².